The Morgan fingerprint density at radius 2 is 2.50 bits per heavy atom. The van der Waals surface area contributed by atoms with Crippen LogP contribution in [0.3, 0.4) is 0 Å². The van der Waals surface area contributed by atoms with Crippen molar-refractivity contribution in [3.05, 3.63) is 0 Å². The fourth-order valence-corrected chi connectivity index (χ4v) is 0.475. The van der Waals surface area contributed by atoms with Gasteiger partial charge in [0.15, 0.2) is 0 Å². The Kier molecular flexibility index (Phi) is 0.783. The van der Waals surface area contributed by atoms with Gasteiger partial charge < -0.3 is 4.74 Å². The lowest BCUT2D eigenvalue weighted by molar-refractivity contribution is -0.137. The van der Waals surface area contributed by atoms with Gasteiger partial charge in [-0.25, -0.2) is 0 Å². The molecule has 0 bridgehead atoms. The van der Waals surface area contributed by atoms with Crippen LogP contribution < -0.4 is 0 Å². The number of hydrogen-bond acceptors (Lipinski definition) is 2. The molecule has 1 fully saturated rings. The summed E-state index contributed by atoms with van der Waals surface area (Å²) >= 11 is 0. The highest BCUT2D eigenvalue weighted by molar-refractivity contribution is 5.70. The first-order valence-electron chi connectivity index (χ1n) is 2.05. The van der Waals surface area contributed by atoms with Crippen molar-refractivity contribution in [1.82, 2.24) is 0 Å². The maximum absolute atomic E-state index is 10.0. The van der Waals surface area contributed by atoms with Gasteiger partial charge in [0.1, 0.15) is 0 Å². The minimum atomic E-state index is -0.0463. The summed E-state index contributed by atoms with van der Waals surface area (Å²) in [4.78, 5) is 10.0. The minimum Gasteiger partial charge on any atom is -0.466 e. The predicted octanol–water partition coefficient (Wildman–Crippen LogP) is 0.323. The van der Waals surface area contributed by atoms with Crippen LogP contribution in [0.15, 0.2) is 0 Å². The molecule has 6 heavy (non-hydrogen) atoms. The standard InChI is InChI=1S/C4H6O2/c5-4-2-1-3-6-4/h1-3H2/i4+1. The van der Waals surface area contributed by atoms with E-state index < -0.39 is 0 Å². The highest BCUT2D eigenvalue weighted by Crippen LogP contribution is 2.01. The summed E-state index contributed by atoms with van der Waals surface area (Å²) < 4.78 is 4.51. The summed E-state index contributed by atoms with van der Waals surface area (Å²) in [6, 6.07) is 0. The molecule has 0 amide bonds. The summed E-state index contributed by atoms with van der Waals surface area (Å²) in [5, 5.41) is 0. The second-order valence-electron chi connectivity index (χ2n) is 1.32. The zero-order chi connectivity index (χ0) is 4.41. The van der Waals surface area contributed by atoms with Crippen LogP contribution in [0.4, 0.5) is 0 Å². The third-order valence-corrected chi connectivity index (χ3v) is 0.788. The van der Waals surface area contributed by atoms with Crippen LogP contribution in [0.1, 0.15) is 12.8 Å². The highest BCUT2D eigenvalue weighted by Gasteiger charge is 2.08. The van der Waals surface area contributed by atoms with Gasteiger partial charge in [0.05, 0.1) is 6.61 Å². The SMILES string of the molecule is O=[13C]1CCCO1. The first-order chi connectivity index (χ1) is 2.89. The Morgan fingerprint density at radius 1 is 1.67 bits per heavy atom. The number of rotatable bonds is 0. The molecule has 34 valence electrons. The molecular formula is C4H6O2. The number of hydrogen-bond donors (Lipinski definition) is 0. The van der Waals surface area contributed by atoms with Gasteiger partial charge in [-0.2, -0.15) is 0 Å². The van der Waals surface area contributed by atoms with Crippen molar-refractivity contribution in [1.29, 1.82) is 0 Å². The van der Waals surface area contributed by atoms with E-state index in [9.17, 15) is 4.79 Å². The third kappa shape index (κ3) is 0.506. The maximum Gasteiger partial charge on any atom is 0.305 e. The number of esters is 1. The lowest BCUT2D eigenvalue weighted by atomic mass is 10.5. The topological polar surface area (TPSA) is 26.3 Å². The molecule has 0 aliphatic carbocycles. The van der Waals surface area contributed by atoms with Crippen LogP contribution in [0.2, 0.25) is 0 Å². The monoisotopic (exact) mass is 87.0 g/mol. The smallest absolute Gasteiger partial charge is 0.305 e. The van der Waals surface area contributed by atoms with Crippen molar-refractivity contribution in [3.63, 3.8) is 0 Å². The fourth-order valence-electron chi connectivity index (χ4n) is 0.475. The summed E-state index contributed by atoms with van der Waals surface area (Å²) in [6.07, 6.45) is 1.54. The van der Waals surface area contributed by atoms with Crippen LogP contribution in [-0.2, 0) is 9.53 Å². The van der Waals surface area contributed by atoms with Gasteiger partial charge in [0.2, 0.25) is 0 Å². The number of carbonyl (C=O) groups is 1. The van der Waals surface area contributed by atoms with Crippen LogP contribution in [0.25, 0.3) is 0 Å². The highest BCUT2D eigenvalue weighted by atomic mass is 16.6. The Morgan fingerprint density at radius 3 is 2.67 bits per heavy atom. The molecule has 2 heteroatoms. The first-order valence-corrected chi connectivity index (χ1v) is 2.05. The van der Waals surface area contributed by atoms with Gasteiger partial charge >= 0.3 is 5.97 Å². The first kappa shape index (κ1) is 3.65. The average molecular weight is 87.1 g/mol. The molecule has 0 radical (unpaired) electrons. The van der Waals surface area contributed by atoms with E-state index in [1.807, 2.05) is 0 Å². The summed E-state index contributed by atoms with van der Waals surface area (Å²) in [5.74, 6) is -0.0463. The Hall–Kier alpha value is -0.530. The molecule has 0 spiro atoms. The average Bonchev–Trinajstić information content (AvgIpc) is 1.86. The third-order valence-electron chi connectivity index (χ3n) is 0.788. The summed E-state index contributed by atoms with van der Waals surface area (Å²) in [5.41, 5.74) is 0. The van der Waals surface area contributed by atoms with Crippen molar-refractivity contribution >= 4 is 5.97 Å². The van der Waals surface area contributed by atoms with Crippen LogP contribution in [0, 0.1) is 0 Å². The molecule has 0 aromatic heterocycles. The van der Waals surface area contributed by atoms with E-state index in [-0.39, 0.29) is 5.97 Å². The lowest BCUT2D eigenvalue weighted by Crippen LogP contribution is -1.88. The number of cyclic esters (lactones) is 1. The van der Waals surface area contributed by atoms with Crippen molar-refractivity contribution in [2.75, 3.05) is 6.61 Å². The largest absolute Gasteiger partial charge is 0.466 e. The Labute approximate surface area is 36.1 Å². The molecule has 1 heterocycles. The van der Waals surface area contributed by atoms with Gasteiger partial charge in [-0.1, -0.05) is 0 Å². The predicted molar refractivity (Wildman–Crippen MR) is 20.2 cm³/mol. The molecule has 0 atom stereocenters. The molecular weight excluding hydrogens is 81.0 g/mol. The van der Waals surface area contributed by atoms with Crippen molar-refractivity contribution in [2.24, 2.45) is 0 Å². The molecule has 0 aromatic rings. The van der Waals surface area contributed by atoms with E-state index >= 15 is 0 Å². The lowest BCUT2D eigenvalue weighted by Gasteiger charge is -1.81. The molecule has 1 aliphatic heterocycles. The van der Waals surface area contributed by atoms with E-state index in [4.69, 9.17) is 0 Å². The molecule has 1 saturated heterocycles. The Balaban J connectivity index is 2.37. The van der Waals surface area contributed by atoms with Crippen molar-refractivity contribution < 1.29 is 9.53 Å². The molecule has 1 rings (SSSR count). The van der Waals surface area contributed by atoms with Gasteiger partial charge in [-0.3, -0.25) is 4.79 Å². The van der Waals surface area contributed by atoms with Crippen LogP contribution in [0.5, 0.6) is 0 Å². The molecule has 0 aromatic carbocycles. The summed E-state index contributed by atoms with van der Waals surface area (Å²) in [6.45, 7) is 0.638. The molecule has 0 unspecified atom stereocenters. The van der Waals surface area contributed by atoms with Gasteiger partial charge in [-0.05, 0) is 6.42 Å². The number of ether oxygens (including phenoxy) is 1. The van der Waals surface area contributed by atoms with Crippen LogP contribution in [-0.4, -0.2) is 12.6 Å². The van der Waals surface area contributed by atoms with Gasteiger partial charge in [0, 0.05) is 6.42 Å². The van der Waals surface area contributed by atoms with Gasteiger partial charge in [-0.15, -0.1) is 0 Å². The zero-order valence-corrected chi connectivity index (χ0v) is 3.44. The normalized spacial score (nSPS) is 21.0. The number of carbonyl (C=O) groups excluding carboxylic acids is 1. The van der Waals surface area contributed by atoms with Crippen LogP contribution >= 0.6 is 0 Å². The van der Waals surface area contributed by atoms with E-state index in [2.05, 4.69) is 4.74 Å². The molecule has 1 aliphatic rings. The zero-order valence-electron chi connectivity index (χ0n) is 3.44. The van der Waals surface area contributed by atoms with Gasteiger partial charge in [0.25, 0.3) is 0 Å². The van der Waals surface area contributed by atoms with E-state index in [0.29, 0.717) is 13.0 Å². The fraction of sp³-hybridized carbons (Fsp3) is 0.750. The maximum atomic E-state index is 10.0. The molecule has 0 N–H and O–H groups in total. The van der Waals surface area contributed by atoms with Crippen molar-refractivity contribution in [3.8, 4) is 0 Å². The second kappa shape index (κ2) is 1.29. The molecule has 2 nitrogen and oxygen atoms in total. The molecule has 0 saturated carbocycles. The summed E-state index contributed by atoms with van der Waals surface area (Å²) in [7, 11) is 0. The van der Waals surface area contributed by atoms with E-state index in [1.165, 1.54) is 0 Å². The quantitative estimate of drug-likeness (QED) is 0.314. The van der Waals surface area contributed by atoms with E-state index in [1.54, 1.807) is 0 Å². The van der Waals surface area contributed by atoms with Crippen molar-refractivity contribution in [2.45, 2.75) is 12.8 Å². The Bertz CT molecular complexity index is 59.9. The van der Waals surface area contributed by atoms with E-state index in [0.717, 1.165) is 6.42 Å². The minimum absolute atomic E-state index is 0.0463. The second-order valence-corrected chi connectivity index (χ2v) is 1.32.